The van der Waals surface area contributed by atoms with Gasteiger partial charge in [0.1, 0.15) is 17.8 Å². The Morgan fingerprint density at radius 1 is 1.12 bits per heavy atom. The lowest BCUT2D eigenvalue weighted by atomic mass is 9.99. The molecule has 0 heterocycles. The van der Waals surface area contributed by atoms with E-state index in [1.807, 2.05) is 12.1 Å². The van der Waals surface area contributed by atoms with Crippen LogP contribution < -0.4 is 9.47 Å². The Bertz CT molecular complexity index is 358. The van der Waals surface area contributed by atoms with Crippen LogP contribution in [0, 0.1) is 0 Å². The van der Waals surface area contributed by atoms with E-state index in [-0.39, 0.29) is 0 Å². The van der Waals surface area contributed by atoms with Crippen molar-refractivity contribution in [3.63, 3.8) is 0 Å². The Kier molecular flexibility index (Phi) is 4.83. The normalized spacial score (nSPS) is 9.94. The molecule has 0 unspecified atom stereocenters. The van der Waals surface area contributed by atoms with Crippen LogP contribution in [0.4, 0.5) is 0 Å². The highest BCUT2D eigenvalue weighted by atomic mass is 16.5. The third-order valence-electron chi connectivity index (χ3n) is 2.65. The van der Waals surface area contributed by atoms with Gasteiger partial charge in [-0.3, -0.25) is 0 Å². The molecule has 0 aromatic heterocycles. The number of methoxy groups -OCH3 is 2. The molecule has 0 amide bonds. The first kappa shape index (κ1) is 12.6. The molecule has 1 rings (SSSR count). The molecule has 0 aliphatic heterocycles. The van der Waals surface area contributed by atoms with Crippen LogP contribution in [0.5, 0.6) is 11.5 Å². The smallest absolute Gasteiger partial charge is 0.122 e. The van der Waals surface area contributed by atoms with Gasteiger partial charge in [0.05, 0.1) is 14.2 Å². The second-order valence-electron chi connectivity index (χ2n) is 3.49. The molecule has 0 saturated heterocycles. The molecule has 16 heavy (non-hydrogen) atoms. The SMILES string of the molecule is CCc1c(OC)ccc(OC)c1CCC=O. The summed E-state index contributed by atoms with van der Waals surface area (Å²) in [5.74, 6) is 1.70. The van der Waals surface area contributed by atoms with Crippen molar-refractivity contribution in [1.29, 1.82) is 0 Å². The van der Waals surface area contributed by atoms with Crippen LogP contribution in [0.1, 0.15) is 24.5 Å². The van der Waals surface area contributed by atoms with Gasteiger partial charge in [0.2, 0.25) is 0 Å². The third-order valence-corrected chi connectivity index (χ3v) is 2.65. The molecule has 1 aromatic rings. The zero-order valence-electron chi connectivity index (χ0n) is 10.1. The predicted molar refractivity (Wildman–Crippen MR) is 63.3 cm³/mol. The molecule has 1 aromatic carbocycles. The molecule has 88 valence electrons. The largest absolute Gasteiger partial charge is 0.496 e. The molecule has 0 bridgehead atoms. The van der Waals surface area contributed by atoms with Crippen molar-refractivity contribution >= 4 is 6.29 Å². The molecule has 0 aliphatic rings. The Morgan fingerprint density at radius 3 is 2.12 bits per heavy atom. The van der Waals surface area contributed by atoms with E-state index < -0.39 is 0 Å². The van der Waals surface area contributed by atoms with Crippen molar-refractivity contribution in [3.05, 3.63) is 23.3 Å². The van der Waals surface area contributed by atoms with Crippen molar-refractivity contribution in [2.24, 2.45) is 0 Å². The Balaban J connectivity index is 3.19. The topological polar surface area (TPSA) is 35.5 Å². The first-order valence-electron chi connectivity index (χ1n) is 5.44. The van der Waals surface area contributed by atoms with Crippen molar-refractivity contribution in [3.8, 4) is 11.5 Å². The van der Waals surface area contributed by atoms with E-state index in [4.69, 9.17) is 9.47 Å². The Labute approximate surface area is 96.4 Å². The van der Waals surface area contributed by atoms with Gasteiger partial charge < -0.3 is 14.3 Å². The van der Waals surface area contributed by atoms with Gasteiger partial charge in [0, 0.05) is 17.5 Å². The molecule has 0 radical (unpaired) electrons. The van der Waals surface area contributed by atoms with Crippen LogP contribution in [0.3, 0.4) is 0 Å². The van der Waals surface area contributed by atoms with Gasteiger partial charge in [-0.2, -0.15) is 0 Å². The maximum absolute atomic E-state index is 10.5. The molecule has 0 N–H and O–H groups in total. The average Bonchev–Trinajstić information content (AvgIpc) is 2.34. The van der Waals surface area contributed by atoms with Crippen LogP contribution >= 0.6 is 0 Å². The maximum atomic E-state index is 10.5. The summed E-state index contributed by atoms with van der Waals surface area (Å²) >= 11 is 0. The molecule has 0 aliphatic carbocycles. The van der Waals surface area contributed by atoms with Crippen molar-refractivity contribution < 1.29 is 14.3 Å². The monoisotopic (exact) mass is 222 g/mol. The van der Waals surface area contributed by atoms with Crippen molar-refractivity contribution in [2.75, 3.05) is 14.2 Å². The molecule has 0 fully saturated rings. The zero-order valence-corrected chi connectivity index (χ0v) is 10.1. The summed E-state index contributed by atoms with van der Waals surface area (Å²) in [5.41, 5.74) is 2.21. The number of aldehydes is 1. The molecule has 0 atom stereocenters. The minimum absolute atomic E-state index is 0.510. The summed E-state index contributed by atoms with van der Waals surface area (Å²) < 4.78 is 10.6. The van der Waals surface area contributed by atoms with Gasteiger partial charge in [-0.05, 0) is 25.0 Å². The standard InChI is InChI=1S/C13H18O3/c1-4-10-11(6-5-9-14)13(16-3)8-7-12(10)15-2/h7-9H,4-6H2,1-3H3. The van der Waals surface area contributed by atoms with E-state index in [0.717, 1.165) is 35.3 Å². The lowest BCUT2D eigenvalue weighted by Gasteiger charge is -2.15. The van der Waals surface area contributed by atoms with Crippen molar-refractivity contribution in [2.45, 2.75) is 26.2 Å². The second kappa shape index (κ2) is 6.16. The van der Waals surface area contributed by atoms with Crippen LogP contribution in [0.25, 0.3) is 0 Å². The number of rotatable bonds is 6. The number of benzene rings is 1. The summed E-state index contributed by atoms with van der Waals surface area (Å²) in [6.07, 6.45) is 3.01. The van der Waals surface area contributed by atoms with Gasteiger partial charge >= 0.3 is 0 Å². The number of hydrogen-bond acceptors (Lipinski definition) is 3. The fourth-order valence-corrected chi connectivity index (χ4v) is 1.90. The molecule has 0 spiro atoms. The molecule has 3 heteroatoms. The second-order valence-corrected chi connectivity index (χ2v) is 3.49. The fourth-order valence-electron chi connectivity index (χ4n) is 1.90. The molecule has 0 saturated carbocycles. The molecular weight excluding hydrogens is 204 g/mol. The van der Waals surface area contributed by atoms with Gasteiger partial charge in [-0.1, -0.05) is 6.92 Å². The van der Waals surface area contributed by atoms with E-state index in [9.17, 15) is 4.79 Å². The van der Waals surface area contributed by atoms with Crippen LogP contribution in [-0.4, -0.2) is 20.5 Å². The number of carbonyl (C=O) groups is 1. The third kappa shape index (κ3) is 2.54. The van der Waals surface area contributed by atoms with E-state index >= 15 is 0 Å². The Morgan fingerprint density at radius 2 is 1.69 bits per heavy atom. The average molecular weight is 222 g/mol. The number of carbonyl (C=O) groups excluding carboxylic acids is 1. The van der Waals surface area contributed by atoms with Gasteiger partial charge in [-0.15, -0.1) is 0 Å². The Hall–Kier alpha value is -1.51. The quantitative estimate of drug-likeness (QED) is 0.693. The van der Waals surface area contributed by atoms with Crippen LogP contribution in [-0.2, 0) is 17.6 Å². The maximum Gasteiger partial charge on any atom is 0.122 e. The lowest BCUT2D eigenvalue weighted by molar-refractivity contribution is -0.107. The zero-order chi connectivity index (χ0) is 12.0. The van der Waals surface area contributed by atoms with E-state index in [1.54, 1.807) is 14.2 Å². The number of hydrogen-bond donors (Lipinski definition) is 0. The lowest BCUT2D eigenvalue weighted by Crippen LogP contribution is -2.01. The first-order chi connectivity index (χ1) is 7.78. The summed E-state index contributed by atoms with van der Waals surface area (Å²) in [6.45, 7) is 2.07. The van der Waals surface area contributed by atoms with Crippen LogP contribution in [0.2, 0.25) is 0 Å². The molecular formula is C13H18O3. The van der Waals surface area contributed by atoms with E-state index in [2.05, 4.69) is 6.92 Å². The van der Waals surface area contributed by atoms with E-state index in [1.165, 1.54) is 0 Å². The first-order valence-corrected chi connectivity index (χ1v) is 5.44. The fraction of sp³-hybridized carbons (Fsp3) is 0.462. The summed E-state index contributed by atoms with van der Waals surface area (Å²) in [7, 11) is 3.30. The summed E-state index contributed by atoms with van der Waals surface area (Å²) in [4.78, 5) is 10.5. The van der Waals surface area contributed by atoms with E-state index in [0.29, 0.717) is 12.8 Å². The highest BCUT2D eigenvalue weighted by Crippen LogP contribution is 2.31. The highest BCUT2D eigenvalue weighted by Gasteiger charge is 2.12. The number of ether oxygens (including phenoxy) is 2. The van der Waals surface area contributed by atoms with Gasteiger partial charge in [-0.25, -0.2) is 0 Å². The van der Waals surface area contributed by atoms with Gasteiger partial charge in [0.15, 0.2) is 0 Å². The summed E-state index contributed by atoms with van der Waals surface area (Å²) in [6, 6.07) is 3.79. The highest BCUT2D eigenvalue weighted by molar-refractivity contribution is 5.54. The van der Waals surface area contributed by atoms with Gasteiger partial charge in [0.25, 0.3) is 0 Å². The minimum atomic E-state index is 0.510. The minimum Gasteiger partial charge on any atom is -0.496 e. The molecule has 3 nitrogen and oxygen atoms in total. The van der Waals surface area contributed by atoms with Crippen LogP contribution in [0.15, 0.2) is 12.1 Å². The van der Waals surface area contributed by atoms with Crippen molar-refractivity contribution in [1.82, 2.24) is 0 Å². The predicted octanol–water partition coefficient (Wildman–Crippen LogP) is 2.40. The summed E-state index contributed by atoms with van der Waals surface area (Å²) in [5, 5.41) is 0.